The maximum absolute atomic E-state index is 13.3. The molecule has 0 saturated carbocycles. The van der Waals surface area contributed by atoms with Crippen molar-refractivity contribution in [3.8, 4) is 11.1 Å². The van der Waals surface area contributed by atoms with E-state index in [2.05, 4.69) is 85.8 Å². The number of hydrogen-bond acceptors (Lipinski definition) is 2. The number of fused-ring (bicyclic) bond motifs is 5. The molecule has 3 aliphatic rings. The molecule has 3 heteroatoms. The van der Waals surface area contributed by atoms with E-state index >= 15 is 0 Å². The third-order valence-corrected chi connectivity index (χ3v) is 8.09. The summed E-state index contributed by atoms with van der Waals surface area (Å²) in [7, 11) is 0. The van der Waals surface area contributed by atoms with Gasteiger partial charge in [-0.3, -0.25) is 4.90 Å². The fourth-order valence-corrected chi connectivity index (χ4v) is 6.26. The molecule has 1 fully saturated rings. The molecule has 0 radical (unpaired) electrons. The Morgan fingerprint density at radius 2 is 1.60 bits per heavy atom. The fourth-order valence-electron chi connectivity index (χ4n) is 6.26. The van der Waals surface area contributed by atoms with Gasteiger partial charge >= 0.3 is 6.09 Å². The summed E-state index contributed by atoms with van der Waals surface area (Å²) in [5.41, 5.74) is 9.12. The van der Waals surface area contributed by atoms with Crippen LogP contribution >= 0.6 is 0 Å². The molecule has 6 rings (SSSR count). The monoisotopic (exact) mass is 463 g/mol. The minimum absolute atomic E-state index is 0.103. The molecular weight excluding hydrogens is 430 g/mol. The summed E-state index contributed by atoms with van der Waals surface area (Å²) in [5, 5.41) is 0. The Bertz CT molecular complexity index is 1210. The van der Waals surface area contributed by atoms with Crippen LogP contribution in [-0.4, -0.2) is 29.7 Å². The minimum atomic E-state index is -0.162. The number of amides is 1. The summed E-state index contributed by atoms with van der Waals surface area (Å²) in [6.07, 6.45) is 8.74. The zero-order chi connectivity index (χ0) is 23.8. The van der Waals surface area contributed by atoms with Gasteiger partial charge in [0.1, 0.15) is 6.61 Å². The van der Waals surface area contributed by atoms with Gasteiger partial charge in [-0.25, -0.2) is 4.79 Å². The number of hydrogen-bond donors (Lipinski definition) is 0. The highest BCUT2D eigenvalue weighted by Crippen LogP contribution is 2.45. The van der Waals surface area contributed by atoms with E-state index in [1.165, 1.54) is 51.8 Å². The quantitative estimate of drug-likeness (QED) is 0.377. The van der Waals surface area contributed by atoms with Crippen LogP contribution in [0.4, 0.5) is 4.79 Å². The minimum Gasteiger partial charge on any atom is -0.448 e. The second-order valence-electron chi connectivity index (χ2n) is 10.2. The Balaban J connectivity index is 1.15. The van der Waals surface area contributed by atoms with Crippen molar-refractivity contribution in [1.82, 2.24) is 4.90 Å². The van der Waals surface area contributed by atoms with Gasteiger partial charge in [0.05, 0.1) is 6.04 Å². The van der Waals surface area contributed by atoms with Gasteiger partial charge in [-0.15, -0.1) is 0 Å². The van der Waals surface area contributed by atoms with Crippen molar-refractivity contribution >= 4 is 11.7 Å². The normalized spacial score (nSPS) is 20.4. The van der Waals surface area contributed by atoms with Crippen molar-refractivity contribution in [1.29, 1.82) is 0 Å². The maximum Gasteiger partial charge on any atom is 0.410 e. The number of carbonyl (C=O) groups is 1. The Morgan fingerprint density at radius 3 is 2.26 bits per heavy atom. The molecule has 2 unspecified atom stereocenters. The summed E-state index contributed by atoms with van der Waals surface area (Å²) < 4.78 is 6.01. The van der Waals surface area contributed by atoms with Crippen LogP contribution in [0, 0.1) is 0 Å². The highest BCUT2D eigenvalue weighted by atomic mass is 16.6. The van der Waals surface area contributed by atoms with Crippen molar-refractivity contribution < 1.29 is 9.53 Å². The van der Waals surface area contributed by atoms with Crippen molar-refractivity contribution in [2.45, 2.75) is 63.5 Å². The highest BCUT2D eigenvalue weighted by molar-refractivity contribution is 5.79. The van der Waals surface area contributed by atoms with Crippen LogP contribution in [0.5, 0.6) is 0 Å². The molecule has 2 heterocycles. The van der Waals surface area contributed by atoms with Crippen LogP contribution in [0.15, 0.2) is 78.9 Å². The lowest BCUT2D eigenvalue weighted by atomic mass is 9.94. The number of aryl methyl sites for hydroxylation is 1. The van der Waals surface area contributed by atoms with Gasteiger partial charge in [-0.05, 0) is 71.1 Å². The lowest BCUT2D eigenvalue weighted by molar-refractivity contribution is 0.0866. The van der Waals surface area contributed by atoms with Crippen LogP contribution in [0.25, 0.3) is 16.7 Å². The lowest BCUT2D eigenvalue weighted by Gasteiger charge is -2.33. The molecule has 0 aromatic heterocycles. The SMILES string of the molecule is CCCCc1ccc(C2=CC3CCC(C2)N3C(=O)OCC2c3ccccc3-c3ccccc32)cc1. The molecule has 0 spiro atoms. The zero-order valence-corrected chi connectivity index (χ0v) is 20.5. The second-order valence-corrected chi connectivity index (χ2v) is 10.2. The molecule has 3 aromatic rings. The summed E-state index contributed by atoms with van der Waals surface area (Å²) in [6, 6.07) is 26.4. The van der Waals surface area contributed by atoms with E-state index in [1.54, 1.807) is 0 Å². The van der Waals surface area contributed by atoms with Crippen molar-refractivity contribution in [3.05, 3.63) is 101 Å². The van der Waals surface area contributed by atoms with Gasteiger partial charge in [0.15, 0.2) is 0 Å². The highest BCUT2D eigenvalue weighted by Gasteiger charge is 2.41. The first-order valence-electron chi connectivity index (χ1n) is 13.2. The van der Waals surface area contributed by atoms with E-state index in [-0.39, 0.29) is 24.1 Å². The van der Waals surface area contributed by atoms with E-state index in [9.17, 15) is 4.79 Å². The summed E-state index contributed by atoms with van der Waals surface area (Å²) in [4.78, 5) is 15.3. The summed E-state index contributed by atoms with van der Waals surface area (Å²) in [6.45, 7) is 2.62. The molecule has 178 valence electrons. The first-order valence-corrected chi connectivity index (χ1v) is 13.2. The average Bonchev–Trinajstić information content (AvgIpc) is 3.37. The van der Waals surface area contributed by atoms with Gasteiger partial charge in [0.25, 0.3) is 0 Å². The predicted octanol–water partition coefficient (Wildman–Crippen LogP) is 7.60. The van der Waals surface area contributed by atoms with Gasteiger partial charge < -0.3 is 4.74 Å². The lowest BCUT2D eigenvalue weighted by Crippen LogP contribution is -2.43. The molecule has 35 heavy (non-hydrogen) atoms. The van der Waals surface area contributed by atoms with E-state index < -0.39 is 0 Å². The number of nitrogens with zero attached hydrogens (tertiary/aromatic N) is 1. The molecular formula is C32H33NO2. The van der Waals surface area contributed by atoms with E-state index in [0.29, 0.717) is 6.61 Å². The van der Waals surface area contributed by atoms with Crippen molar-refractivity contribution in [3.63, 3.8) is 0 Å². The molecule has 1 amide bonds. The van der Waals surface area contributed by atoms with Crippen LogP contribution in [0.2, 0.25) is 0 Å². The predicted molar refractivity (Wildman–Crippen MR) is 141 cm³/mol. The standard InChI is InChI=1S/C32H33NO2/c1-2-3-8-22-13-15-23(16-14-22)24-19-25-17-18-26(20-24)33(25)32(34)35-21-31-29-11-6-4-9-27(29)28-10-5-7-12-30(28)31/h4-7,9-16,19,25-26,31H,2-3,8,17-18,20-21H2,1H3. The van der Waals surface area contributed by atoms with E-state index in [4.69, 9.17) is 4.74 Å². The maximum atomic E-state index is 13.3. The number of benzene rings is 3. The molecule has 3 nitrogen and oxygen atoms in total. The number of rotatable bonds is 6. The zero-order valence-electron chi connectivity index (χ0n) is 20.5. The Morgan fingerprint density at radius 1 is 0.914 bits per heavy atom. The molecule has 0 N–H and O–H groups in total. The van der Waals surface area contributed by atoms with Gasteiger partial charge in [0.2, 0.25) is 0 Å². The average molecular weight is 464 g/mol. The first kappa shape index (κ1) is 22.2. The van der Waals surface area contributed by atoms with E-state index in [0.717, 1.165) is 25.7 Å². The molecule has 3 aromatic carbocycles. The van der Waals surface area contributed by atoms with Crippen LogP contribution in [0.3, 0.4) is 0 Å². The number of ether oxygens (including phenoxy) is 1. The number of unbranched alkanes of at least 4 members (excludes halogenated alkanes) is 1. The van der Waals surface area contributed by atoms with E-state index in [1.807, 2.05) is 4.90 Å². The summed E-state index contributed by atoms with van der Waals surface area (Å²) >= 11 is 0. The van der Waals surface area contributed by atoms with Crippen LogP contribution in [-0.2, 0) is 11.2 Å². The summed E-state index contributed by atoms with van der Waals surface area (Å²) in [5.74, 6) is 0.103. The molecule has 1 saturated heterocycles. The Labute approximate surface area is 208 Å². The Hall–Kier alpha value is -3.33. The third-order valence-electron chi connectivity index (χ3n) is 8.09. The number of carbonyl (C=O) groups excluding carboxylic acids is 1. The largest absolute Gasteiger partial charge is 0.448 e. The first-order chi connectivity index (χ1) is 17.2. The topological polar surface area (TPSA) is 29.5 Å². The molecule has 2 bridgehead atoms. The second kappa shape index (κ2) is 9.37. The smallest absolute Gasteiger partial charge is 0.410 e. The van der Waals surface area contributed by atoms with Gasteiger partial charge in [-0.1, -0.05) is 92.2 Å². The van der Waals surface area contributed by atoms with Gasteiger partial charge in [0, 0.05) is 12.0 Å². The van der Waals surface area contributed by atoms with Crippen molar-refractivity contribution in [2.24, 2.45) is 0 Å². The fraction of sp³-hybridized carbons (Fsp3) is 0.344. The Kier molecular flexibility index (Phi) is 5.93. The third kappa shape index (κ3) is 4.07. The van der Waals surface area contributed by atoms with Crippen LogP contribution in [0.1, 0.15) is 67.2 Å². The van der Waals surface area contributed by atoms with Crippen molar-refractivity contribution in [2.75, 3.05) is 6.61 Å². The van der Waals surface area contributed by atoms with Crippen LogP contribution < -0.4 is 0 Å². The molecule has 2 aliphatic heterocycles. The molecule has 1 aliphatic carbocycles. The van der Waals surface area contributed by atoms with Gasteiger partial charge in [-0.2, -0.15) is 0 Å². The molecule has 2 atom stereocenters.